The molecule has 0 aromatic heterocycles. The number of amides is 1. The Labute approximate surface area is 136 Å². The van der Waals surface area contributed by atoms with Crippen LogP contribution in [0.5, 0.6) is 11.5 Å². The van der Waals surface area contributed by atoms with Gasteiger partial charge in [-0.3, -0.25) is 4.79 Å². The summed E-state index contributed by atoms with van der Waals surface area (Å²) in [6.45, 7) is 0.225. The highest BCUT2D eigenvalue weighted by Gasteiger charge is 2.14. The summed E-state index contributed by atoms with van der Waals surface area (Å²) in [5.41, 5.74) is 4.27. The van der Waals surface area contributed by atoms with Gasteiger partial charge in [0.25, 0.3) is 0 Å². The Morgan fingerprint density at radius 2 is 1.95 bits per heavy atom. The quantitative estimate of drug-likeness (QED) is 0.673. The van der Waals surface area contributed by atoms with Crippen LogP contribution in [0.4, 0.5) is 0 Å². The first kappa shape index (κ1) is 14.6. The lowest BCUT2D eigenvalue weighted by Gasteiger charge is -2.02. The first-order valence-electron chi connectivity index (χ1n) is 6.67. The number of hydrogen-bond acceptors (Lipinski definition) is 4. The summed E-state index contributed by atoms with van der Waals surface area (Å²) in [4.78, 5) is 11.9. The van der Waals surface area contributed by atoms with Crippen LogP contribution < -0.4 is 14.9 Å². The Bertz CT molecular complexity index is 714. The average molecular weight is 361 g/mol. The minimum absolute atomic E-state index is 0.188. The Balaban J connectivity index is 1.55. The second kappa shape index (κ2) is 6.62. The number of ether oxygens (including phenoxy) is 2. The number of carbonyl (C=O) groups is 1. The molecule has 1 aliphatic heterocycles. The maximum absolute atomic E-state index is 11.9. The van der Waals surface area contributed by atoms with Crippen molar-refractivity contribution in [3.05, 3.63) is 58.1 Å². The summed E-state index contributed by atoms with van der Waals surface area (Å²) >= 11 is 3.36. The molecule has 1 aliphatic rings. The molecule has 0 saturated carbocycles. The zero-order chi connectivity index (χ0) is 15.4. The van der Waals surface area contributed by atoms with Crippen LogP contribution in [0.3, 0.4) is 0 Å². The summed E-state index contributed by atoms with van der Waals surface area (Å²) in [6.07, 6.45) is 1.83. The lowest BCUT2D eigenvalue weighted by atomic mass is 10.1. The molecule has 0 saturated heterocycles. The van der Waals surface area contributed by atoms with E-state index in [2.05, 4.69) is 26.5 Å². The van der Waals surface area contributed by atoms with Gasteiger partial charge in [-0.2, -0.15) is 5.10 Å². The fraction of sp³-hybridized carbons (Fsp3) is 0.125. The molecular formula is C16H13BrN2O3. The number of hydrogen-bond donors (Lipinski definition) is 1. The van der Waals surface area contributed by atoms with E-state index in [-0.39, 0.29) is 19.1 Å². The Morgan fingerprint density at radius 3 is 2.77 bits per heavy atom. The molecule has 0 aliphatic carbocycles. The molecule has 6 heteroatoms. The first-order valence-corrected chi connectivity index (χ1v) is 7.46. The molecule has 0 spiro atoms. The van der Waals surface area contributed by atoms with Crippen LogP contribution in [0.1, 0.15) is 11.1 Å². The van der Waals surface area contributed by atoms with Crippen LogP contribution >= 0.6 is 15.9 Å². The monoisotopic (exact) mass is 360 g/mol. The molecule has 0 bridgehead atoms. The number of hydrazone groups is 1. The van der Waals surface area contributed by atoms with Crippen LogP contribution in [-0.2, 0) is 11.2 Å². The van der Waals surface area contributed by atoms with E-state index in [0.29, 0.717) is 11.5 Å². The van der Waals surface area contributed by atoms with Gasteiger partial charge < -0.3 is 9.47 Å². The van der Waals surface area contributed by atoms with Gasteiger partial charge in [-0.25, -0.2) is 5.43 Å². The van der Waals surface area contributed by atoms with Gasteiger partial charge in [-0.1, -0.05) is 34.1 Å². The van der Waals surface area contributed by atoms with Gasteiger partial charge >= 0.3 is 0 Å². The van der Waals surface area contributed by atoms with E-state index < -0.39 is 0 Å². The summed E-state index contributed by atoms with van der Waals surface area (Å²) in [6, 6.07) is 13.1. The predicted molar refractivity (Wildman–Crippen MR) is 86.1 cm³/mol. The summed E-state index contributed by atoms with van der Waals surface area (Å²) in [5, 5.41) is 3.94. The first-order chi connectivity index (χ1) is 10.7. The van der Waals surface area contributed by atoms with E-state index in [1.165, 1.54) is 0 Å². The summed E-state index contributed by atoms with van der Waals surface area (Å²) in [7, 11) is 0. The molecule has 2 aromatic rings. The number of benzene rings is 2. The molecule has 1 heterocycles. The number of nitrogens with one attached hydrogen (secondary N) is 1. The van der Waals surface area contributed by atoms with Gasteiger partial charge in [0.1, 0.15) is 0 Å². The van der Waals surface area contributed by atoms with Crippen molar-refractivity contribution in [2.24, 2.45) is 5.10 Å². The topological polar surface area (TPSA) is 59.9 Å². The summed E-state index contributed by atoms with van der Waals surface area (Å²) in [5.74, 6) is 1.19. The molecule has 3 rings (SSSR count). The van der Waals surface area contributed by atoms with E-state index in [4.69, 9.17) is 9.47 Å². The normalized spacial score (nSPS) is 12.6. The van der Waals surface area contributed by atoms with E-state index in [1.54, 1.807) is 18.3 Å². The Kier molecular flexibility index (Phi) is 4.39. The number of halogens is 1. The third-order valence-corrected chi connectivity index (χ3v) is 3.60. The second-order valence-electron chi connectivity index (χ2n) is 4.71. The van der Waals surface area contributed by atoms with Crippen molar-refractivity contribution >= 4 is 28.1 Å². The molecule has 2 aromatic carbocycles. The van der Waals surface area contributed by atoms with Gasteiger partial charge in [0.2, 0.25) is 12.7 Å². The maximum Gasteiger partial charge on any atom is 0.244 e. The highest BCUT2D eigenvalue weighted by Crippen LogP contribution is 2.32. The van der Waals surface area contributed by atoms with Gasteiger partial charge in [0.15, 0.2) is 11.5 Å². The third kappa shape index (κ3) is 3.65. The standard InChI is InChI=1S/C16H13BrN2O3/c17-13-4-1-11(2-5-13)9-18-19-16(20)8-12-3-6-14-15(7-12)22-10-21-14/h1-7,9H,8,10H2,(H,19,20)/b18-9-. The van der Waals surface area contributed by atoms with Gasteiger partial charge in [-0.05, 0) is 35.4 Å². The number of nitrogens with zero attached hydrogens (tertiary/aromatic N) is 1. The minimum Gasteiger partial charge on any atom is -0.454 e. The lowest BCUT2D eigenvalue weighted by Crippen LogP contribution is -2.19. The smallest absolute Gasteiger partial charge is 0.244 e. The Hall–Kier alpha value is -2.34. The van der Waals surface area contributed by atoms with Crippen molar-refractivity contribution in [1.29, 1.82) is 0 Å². The molecule has 0 unspecified atom stereocenters. The minimum atomic E-state index is -0.188. The SMILES string of the molecule is O=C(Cc1ccc2c(c1)OCO2)N/N=C\c1ccc(Br)cc1. The zero-order valence-corrected chi connectivity index (χ0v) is 13.2. The highest BCUT2D eigenvalue weighted by atomic mass is 79.9. The van der Waals surface area contributed by atoms with Gasteiger partial charge in [-0.15, -0.1) is 0 Å². The molecular weight excluding hydrogens is 348 g/mol. The van der Waals surface area contributed by atoms with Gasteiger partial charge in [0.05, 0.1) is 12.6 Å². The van der Waals surface area contributed by atoms with Crippen LogP contribution in [0.2, 0.25) is 0 Å². The van der Waals surface area contributed by atoms with E-state index >= 15 is 0 Å². The molecule has 0 fully saturated rings. The van der Waals surface area contributed by atoms with E-state index in [9.17, 15) is 4.79 Å². The molecule has 22 heavy (non-hydrogen) atoms. The summed E-state index contributed by atoms with van der Waals surface area (Å²) < 4.78 is 11.5. The van der Waals surface area contributed by atoms with Crippen molar-refractivity contribution in [3.63, 3.8) is 0 Å². The number of carbonyl (C=O) groups excluding carboxylic acids is 1. The number of rotatable bonds is 4. The maximum atomic E-state index is 11.9. The van der Waals surface area contributed by atoms with Crippen molar-refractivity contribution in [3.8, 4) is 11.5 Å². The predicted octanol–water partition coefficient (Wildman–Crippen LogP) is 2.87. The van der Waals surface area contributed by atoms with Crippen LogP contribution in [0.25, 0.3) is 0 Å². The zero-order valence-electron chi connectivity index (χ0n) is 11.6. The van der Waals surface area contributed by atoms with Crippen LogP contribution in [0.15, 0.2) is 52.0 Å². The van der Waals surface area contributed by atoms with Crippen LogP contribution in [0, 0.1) is 0 Å². The Morgan fingerprint density at radius 1 is 1.18 bits per heavy atom. The second-order valence-corrected chi connectivity index (χ2v) is 5.62. The highest BCUT2D eigenvalue weighted by molar-refractivity contribution is 9.10. The molecule has 5 nitrogen and oxygen atoms in total. The largest absolute Gasteiger partial charge is 0.454 e. The molecule has 1 amide bonds. The fourth-order valence-corrected chi connectivity index (χ4v) is 2.27. The van der Waals surface area contributed by atoms with E-state index in [0.717, 1.165) is 15.6 Å². The average Bonchev–Trinajstić information content (AvgIpc) is 2.97. The van der Waals surface area contributed by atoms with Crippen LogP contribution in [-0.4, -0.2) is 18.9 Å². The van der Waals surface area contributed by atoms with Gasteiger partial charge in [0, 0.05) is 4.47 Å². The fourth-order valence-electron chi connectivity index (χ4n) is 2.00. The molecule has 0 atom stereocenters. The molecule has 0 radical (unpaired) electrons. The molecule has 1 N–H and O–H groups in total. The number of fused-ring (bicyclic) bond motifs is 1. The lowest BCUT2D eigenvalue weighted by molar-refractivity contribution is -0.120. The van der Waals surface area contributed by atoms with E-state index in [1.807, 2.05) is 30.3 Å². The van der Waals surface area contributed by atoms with Crippen molar-refractivity contribution < 1.29 is 14.3 Å². The third-order valence-electron chi connectivity index (χ3n) is 3.07. The van der Waals surface area contributed by atoms with Crippen molar-refractivity contribution in [1.82, 2.24) is 5.43 Å². The van der Waals surface area contributed by atoms with Crippen molar-refractivity contribution in [2.45, 2.75) is 6.42 Å². The van der Waals surface area contributed by atoms with Crippen molar-refractivity contribution in [2.75, 3.05) is 6.79 Å². The molecule has 112 valence electrons.